The minimum atomic E-state index is 0.582. The van der Waals surface area contributed by atoms with Crippen LogP contribution >= 0.6 is 31.9 Å². The topological polar surface area (TPSA) is 38.7 Å². The maximum atomic E-state index is 4.70. The Morgan fingerprint density at radius 3 is 1.96 bits per heavy atom. The van der Waals surface area contributed by atoms with Crippen molar-refractivity contribution in [2.75, 3.05) is 0 Å². The summed E-state index contributed by atoms with van der Waals surface area (Å²) in [6, 6.07) is 16.1. The fourth-order valence-corrected chi connectivity index (χ4v) is 2.86. The van der Waals surface area contributed by atoms with Crippen LogP contribution in [0.25, 0.3) is 28.3 Å². The molecule has 3 nitrogen and oxygen atoms in total. The van der Waals surface area contributed by atoms with Crippen molar-refractivity contribution in [1.82, 2.24) is 15.0 Å². The zero-order chi connectivity index (χ0) is 19.2. The lowest BCUT2D eigenvalue weighted by Gasteiger charge is -2.09. The van der Waals surface area contributed by atoms with Crippen LogP contribution in [0.4, 0.5) is 0 Å². The van der Waals surface area contributed by atoms with Crippen LogP contribution in [-0.4, -0.2) is 15.0 Å². The molecule has 1 heterocycles. The van der Waals surface area contributed by atoms with Gasteiger partial charge in [-0.3, -0.25) is 0 Å². The van der Waals surface area contributed by atoms with Gasteiger partial charge < -0.3 is 0 Å². The standard InChI is InChI=1S/C22H17Br2N3/c1-3-16(5-4-14-23)20-25-21(17-8-6-15(2)7-9-17)27-22(26-20)18-10-12-19(24)13-11-18/h3-14H,1H2,2H3/b14-4+,16-5+. The van der Waals surface area contributed by atoms with Gasteiger partial charge in [-0.05, 0) is 24.0 Å². The summed E-state index contributed by atoms with van der Waals surface area (Å²) in [7, 11) is 0. The third-order valence-corrected chi connectivity index (χ3v) is 4.71. The highest BCUT2D eigenvalue weighted by Gasteiger charge is 2.12. The second-order valence-corrected chi connectivity index (χ2v) is 7.27. The number of nitrogens with zero attached hydrogens (tertiary/aromatic N) is 3. The predicted molar refractivity (Wildman–Crippen MR) is 119 cm³/mol. The second kappa shape index (κ2) is 9.02. The van der Waals surface area contributed by atoms with Crippen molar-refractivity contribution in [2.24, 2.45) is 0 Å². The quantitative estimate of drug-likeness (QED) is 0.377. The molecule has 0 atom stereocenters. The van der Waals surface area contributed by atoms with E-state index in [2.05, 4.69) is 67.5 Å². The molecule has 0 N–H and O–H groups in total. The molecule has 3 aromatic rings. The van der Waals surface area contributed by atoms with Crippen molar-refractivity contribution in [3.8, 4) is 22.8 Å². The normalized spacial score (nSPS) is 11.7. The minimum absolute atomic E-state index is 0.582. The van der Waals surface area contributed by atoms with Gasteiger partial charge in [0.25, 0.3) is 0 Å². The van der Waals surface area contributed by atoms with Crippen LogP contribution in [0.3, 0.4) is 0 Å². The van der Waals surface area contributed by atoms with E-state index in [9.17, 15) is 0 Å². The fourth-order valence-electron chi connectivity index (χ4n) is 2.44. The molecule has 0 fully saturated rings. The van der Waals surface area contributed by atoms with Crippen LogP contribution in [0, 0.1) is 6.92 Å². The number of aryl methyl sites for hydroxylation is 1. The van der Waals surface area contributed by atoms with Gasteiger partial charge in [0.05, 0.1) is 0 Å². The van der Waals surface area contributed by atoms with E-state index in [1.165, 1.54) is 5.56 Å². The van der Waals surface area contributed by atoms with Gasteiger partial charge >= 0.3 is 0 Å². The highest BCUT2D eigenvalue weighted by molar-refractivity contribution is 9.11. The van der Waals surface area contributed by atoms with Gasteiger partial charge in [-0.15, -0.1) is 0 Å². The molecule has 0 bridgehead atoms. The third-order valence-electron chi connectivity index (χ3n) is 3.87. The first-order chi connectivity index (χ1) is 13.1. The van der Waals surface area contributed by atoms with Crippen molar-refractivity contribution in [3.63, 3.8) is 0 Å². The molecule has 134 valence electrons. The van der Waals surface area contributed by atoms with Crippen LogP contribution in [0.2, 0.25) is 0 Å². The molecule has 0 aliphatic rings. The Morgan fingerprint density at radius 2 is 1.44 bits per heavy atom. The lowest BCUT2D eigenvalue weighted by atomic mass is 10.1. The van der Waals surface area contributed by atoms with E-state index in [0.717, 1.165) is 21.2 Å². The summed E-state index contributed by atoms with van der Waals surface area (Å²) < 4.78 is 1.01. The number of halogens is 2. The Balaban J connectivity index is 2.19. The molecule has 0 amide bonds. The number of allylic oxidation sites excluding steroid dienone is 4. The van der Waals surface area contributed by atoms with Crippen LogP contribution in [-0.2, 0) is 0 Å². The number of rotatable bonds is 5. The maximum Gasteiger partial charge on any atom is 0.164 e. The summed E-state index contributed by atoms with van der Waals surface area (Å²) in [4.78, 5) is 15.8. The molecule has 3 rings (SSSR count). The van der Waals surface area contributed by atoms with Gasteiger partial charge in [-0.2, -0.15) is 0 Å². The molecule has 0 saturated carbocycles. The molecule has 0 unspecified atom stereocenters. The average Bonchev–Trinajstić information content (AvgIpc) is 2.69. The van der Waals surface area contributed by atoms with Gasteiger partial charge in [-0.1, -0.05) is 98.6 Å². The van der Waals surface area contributed by atoms with Crippen LogP contribution in [0.5, 0.6) is 0 Å². The highest BCUT2D eigenvalue weighted by atomic mass is 79.9. The van der Waals surface area contributed by atoms with Crippen molar-refractivity contribution < 1.29 is 0 Å². The van der Waals surface area contributed by atoms with Gasteiger partial charge in [-0.25, -0.2) is 15.0 Å². The van der Waals surface area contributed by atoms with Gasteiger partial charge in [0.2, 0.25) is 0 Å². The van der Waals surface area contributed by atoms with E-state index in [1.807, 2.05) is 48.6 Å². The van der Waals surface area contributed by atoms with E-state index in [-0.39, 0.29) is 0 Å². The van der Waals surface area contributed by atoms with E-state index >= 15 is 0 Å². The average molecular weight is 483 g/mol. The molecular formula is C22H17Br2N3. The molecule has 27 heavy (non-hydrogen) atoms. The van der Waals surface area contributed by atoms with Crippen molar-refractivity contribution in [3.05, 3.63) is 94.2 Å². The predicted octanol–water partition coefficient (Wildman–Crippen LogP) is 6.75. The van der Waals surface area contributed by atoms with Crippen molar-refractivity contribution in [2.45, 2.75) is 6.92 Å². The monoisotopic (exact) mass is 481 g/mol. The van der Waals surface area contributed by atoms with Gasteiger partial charge in [0.1, 0.15) is 0 Å². The van der Waals surface area contributed by atoms with Crippen LogP contribution in [0.1, 0.15) is 11.4 Å². The van der Waals surface area contributed by atoms with Gasteiger partial charge in [0.15, 0.2) is 17.5 Å². The molecule has 5 heteroatoms. The third kappa shape index (κ3) is 4.87. The largest absolute Gasteiger partial charge is 0.208 e. The van der Waals surface area contributed by atoms with E-state index in [0.29, 0.717) is 17.5 Å². The SMILES string of the molecule is C=C/C(=C\C=C\Br)c1nc(-c2ccc(C)cc2)nc(-c2ccc(Br)cc2)n1. The minimum Gasteiger partial charge on any atom is -0.208 e. The summed E-state index contributed by atoms with van der Waals surface area (Å²) in [5.74, 6) is 1.84. The first kappa shape index (κ1) is 19.4. The molecule has 0 spiro atoms. The zero-order valence-corrected chi connectivity index (χ0v) is 17.9. The van der Waals surface area contributed by atoms with Crippen molar-refractivity contribution >= 4 is 37.4 Å². The summed E-state index contributed by atoms with van der Waals surface area (Å²) in [5, 5.41) is 0. The number of aromatic nitrogens is 3. The molecular weight excluding hydrogens is 466 g/mol. The molecule has 0 aliphatic carbocycles. The Morgan fingerprint density at radius 1 is 0.889 bits per heavy atom. The van der Waals surface area contributed by atoms with E-state index in [1.54, 1.807) is 11.1 Å². The Hall–Kier alpha value is -2.37. The molecule has 0 radical (unpaired) electrons. The first-order valence-electron chi connectivity index (χ1n) is 8.29. The summed E-state index contributed by atoms with van der Waals surface area (Å²) in [6.07, 6.45) is 5.51. The Bertz CT molecular complexity index is 941. The zero-order valence-electron chi connectivity index (χ0n) is 14.7. The summed E-state index contributed by atoms with van der Waals surface area (Å²) in [6.45, 7) is 5.95. The lowest BCUT2D eigenvalue weighted by Crippen LogP contribution is -2.02. The smallest absolute Gasteiger partial charge is 0.164 e. The van der Waals surface area contributed by atoms with Crippen LogP contribution < -0.4 is 0 Å². The number of hydrogen-bond acceptors (Lipinski definition) is 3. The molecule has 0 saturated heterocycles. The second-order valence-electron chi connectivity index (χ2n) is 5.82. The van der Waals surface area contributed by atoms with E-state index in [4.69, 9.17) is 4.98 Å². The highest BCUT2D eigenvalue weighted by Crippen LogP contribution is 2.24. The number of benzene rings is 2. The first-order valence-corrected chi connectivity index (χ1v) is 10.0. The lowest BCUT2D eigenvalue weighted by molar-refractivity contribution is 1.04. The van der Waals surface area contributed by atoms with E-state index < -0.39 is 0 Å². The number of hydrogen-bond donors (Lipinski definition) is 0. The molecule has 0 aliphatic heterocycles. The Labute approximate surface area is 175 Å². The fraction of sp³-hybridized carbons (Fsp3) is 0.0455. The molecule has 1 aromatic heterocycles. The van der Waals surface area contributed by atoms with Crippen LogP contribution in [0.15, 0.2) is 82.8 Å². The molecule has 2 aromatic carbocycles. The van der Waals surface area contributed by atoms with Gasteiger partial charge in [0, 0.05) is 21.2 Å². The van der Waals surface area contributed by atoms with Crippen molar-refractivity contribution in [1.29, 1.82) is 0 Å². The maximum absolute atomic E-state index is 4.70. The summed E-state index contributed by atoms with van der Waals surface area (Å²) in [5.41, 5.74) is 3.88. The Kier molecular flexibility index (Phi) is 6.48. The summed E-state index contributed by atoms with van der Waals surface area (Å²) >= 11 is 6.74.